The predicted molar refractivity (Wildman–Crippen MR) is 134 cm³/mol. The molecular weight excluding hydrogens is 472 g/mol. The number of rotatable bonds is 5. The second-order valence-electron chi connectivity index (χ2n) is 8.13. The van der Waals surface area contributed by atoms with Crippen molar-refractivity contribution in [2.75, 3.05) is 18.5 Å². The summed E-state index contributed by atoms with van der Waals surface area (Å²) in [5.74, 6) is 0.518. The van der Waals surface area contributed by atoms with Crippen molar-refractivity contribution in [3.8, 4) is 11.5 Å². The number of nitrogens with one attached hydrogen (secondary N) is 2. The number of pyridine rings is 1. The summed E-state index contributed by atoms with van der Waals surface area (Å²) in [5.41, 5.74) is 2.28. The van der Waals surface area contributed by atoms with Gasteiger partial charge in [-0.15, -0.1) is 0 Å². The van der Waals surface area contributed by atoms with Gasteiger partial charge in [-0.2, -0.15) is 0 Å². The molecule has 0 aliphatic carbocycles. The molecule has 2 N–H and O–H groups in total. The third-order valence-electron chi connectivity index (χ3n) is 5.61. The molecule has 1 aromatic heterocycles. The van der Waals surface area contributed by atoms with Crippen LogP contribution < -0.4 is 20.3 Å². The molecule has 1 aliphatic heterocycles. The van der Waals surface area contributed by atoms with Crippen LogP contribution in [0.2, 0.25) is 0 Å². The number of nitrogens with zero attached hydrogens (tertiary/aromatic N) is 1. The van der Waals surface area contributed by atoms with Crippen LogP contribution >= 0.6 is 12.2 Å². The first kappa shape index (κ1) is 22.8. The lowest BCUT2D eigenvalue weighted by atomic mass is 10.1. The second-order valence-corrected chi connectivity index (χ2v) is 8.51. The molecule has 0 saturated heterocycles. The standard InChI is InChI=1S/C26H21F2N3O3S/c27-19-3-1-16(2-4-19)14-31(26(35)29-21-7-5-20(28)6-8-21)15-18-11-17-12-23-24(34-10-9-33-23)13-22(17)30-25(18)32/h1-8,11-13H,9-10,14-15H2,(H,29,35)(H,30,32). The van der Waals surface area contributed by atoms with Gasteiger partial charge in [0, 0.05) is 29.2 Å². The molecule has 3 aromatic carbocycles. The van der Waals surface area contributed by atoms with Gasteiger partial charge in [0.05, 0.1) is 12.1 Å². The number of halogens is 2. The summed E-state index contributed by atoms with van der Waals surface area (Å²) < 4.78 is 38.0. The van der Waals surface area contributed by atoms with Crippen molar-refractivity contribution >= 4 is 33.9 Å². The molecule has 6 nitrogen and oxygen atoms in total. The van der Waals surface area contributed by atoms with E-state index in [-0.39, 0.29) is 23.7 Å². The van der Waals surface area contributed by atoms with Gasteiger partial charge in [-0.05, 0) is 66.3 Å². The van der Waals surface area contributed by atoms with Crippen LogP contribution in [0, 0.1) is 11.6 Å². The molecule has 0 saturated carbocycles. The van der Waals surface area contributed by atoms with Gasteiger partial charge in [0.25, 0.3) is 5.56 Å². The summed E-state index contributed by atoms with van der Waals surface area (Å²) in [5, 5.41) is 4.22. The third kappa shape index (κ3) is 5.25. The highest BCUT2D eigenvalue weighted by Crippen LogP contribution is 2.33. The number of hydrogen-bond donors (Lipinski definition) is 2. The van der Waals surface area contributed by atoms with Gasteiger partial charge in [-0.3, -0.25) is 4.79 Å². The average molecular weight is 494 g/mol. The van der Waals surface area contributed by atoms with E-state index in [1.165, 1.54) is 24.3 Å². The lowest BCUT2D eigenvalue weighted by Gasteiger charge is -2.26. The summed E-state index contributed by atoms with van der Waals surface area (Å²) >= 11 is 5.63. The largest absolute Gasteiger partial charge is 0.486 e. The molecule has 0 atom stereocenters. The van der Waals surface area contributed by atoms with Crippen LogP contribution in [0.4, 0.5) is 14.5 Å². The molecule has 0 radical (unpaired) electrons. The molecule has 0 fully saturated rings. The Balaban J connectivity index is 1.46. The highest BCUT2D eigenvalue weighted by atomic mass is 32.1. The molecule has 0 spiro atoms. The maximum absolute atomic E-state index is 13.4. The molecule has 1 aliphatic rings. The predicted octanol–water partition coefficient (Wildman–Crippen LogP) is 4.98. The smallest absolute Gasteiger partial charge is 0.253 e. The van der Waals surface area contributed by atoms with Gasteiger partial charge in [-0.1, -0.05) is 12.1 Å². The molecule has 35 heavy (non-hydrogen) atoms. The van der Waals surface area contributed by atoms with E-state index in [1.807, 2.05) is 6.07 Å². The van der Waals surface area contributed by atoms with Crippen LogP contribution in [0.3, 0.4) is 0 Å². The highest BCUT2D eigenvalue weighted by Gasteiger charge is 2.17. The Hall–Kier alpha value is -3.98. The van der Waals surface area contributed by atoms with E-state index in [0.717, 1.165) is 10.9 Å². The summed E-state index contributed by atoms with van der Waals surface area (Å²) in [6, 6.07) is 17.3. The van der Waals surface area contributed by atoms with E-state index in [2.05, 4.69) is 10.3 Å². The van der Waals surface area contributed by atoms with Crippen molar-refractivity contribution in [1.29, 1.82) is 0 Å². The van der Waals surface area contributed by atoms with Crippen LogP contribution in [-0.2, 0) is 13.1 Å². The molecule has 9 heteroatoms. The van der Waals surface area contributed by atoms with Gasteiger partial charge >= 0.3 is 0 Å². The third-order valence-corrected chi connectivity index (χ3v) is 5.97. The van der Waals surface area contributed by atoms with Gasteiger partial charge < -0.3 is 24.7 Å². The fourth-order valence-corrected chi connectivity index (χ4v) is 4.10. The SMILES string of the molecule is O=c1[nH]c2cc3c(cc2cc1CN(Cc1ccc(F)cc1)C(=S)Nc1ccc(F)cc1)OCCO3. The number of fused-ring (bicyclic) bond motifs is 2. The van der Waals surface area contributed by atoms with Crippen molar-refractivity contribution in [3.05, 3.63) is 99.8 Å². The molecule has 0 amide bonds. The van der Waals surface area contributed by atoms with Gasteiger partial charge in [0.1, 0.15) is 24.8 Å². The Labute approximate surface area is 205 Å². The van der Waals surface area contributed by atoms with Gasteiger partial charge in [0.15, 0.2) is 16.6 Å². The normalized spacial score (nSPS) is 12.4. The number of anilines is 1. The minimum absolute atomic E-state index is 0.185. The fraction of sp³-hybridized carbons (Fsp3) is 0.154. The van der Waals surface area contributed by atoms with Crippen LogP contribution in [0.15, 0.2) is 71.5 Å². The number of thiocarbonyl (C=S) groups is 1. The average Bonchev–Trinajstić information content (AvgIpc) is 2.85. The van der Waals surface area contributed by atoms with E-state index < -0.39 is 0 Å². The summed E-state index contributed by atoms with van der Waals surface area (Å²) in [6.07, 6.45) is 0. The minimum Gasteiger partial charge on any atom is -0.486 e. The number of H-pyrrole nitrogens is 1. The zero-order chi connectivity index (χ0) is 24.4. The minimum atomic E-state index is -0.357. The number of aromatic amines is 1. The maximum Gasteiger partial charge on any atom is 0.253 e. The highest BCUT2D eigenvalue weighted by molar-refractivity contribution is 7.80. The van der Waals surface area contributed by atoms with E-state index >= 15 is 0 Å². The molecule has 178 valence electrons. The maximum atomic E-state index is 13.4. The summed E-state index contributed by atoms with van der Waals surface area (Å²) in [6.45, 7) is 1.43. The van der Waals surface area contributed by atoms with Crippen molar-refractivity contribution in [3.63, 3.8) is 0 Å². The number of aromatic nitrogens is 1. The molecule has 2 heterocycles. The van der Waals surface area contributed by atoms with E-state index in [4.69, 9.17) is 21.7 Å². The Morgan fingerprint density at radius 2 is 1.54 bits per heavy atom. The number of benzene rings is 3. The molecular formula is C26H21F2N3O3S. The van der Waals surface area contributed by atoms with Crippen LogP contribution in [0.1, 0.15) is 11.1 Å². The zero-order valence-electron chi connectivity index (χ0n) is 18.5. The summed E-state index contributed by atoms with van der Waals surface area (Å²) in [7, 11) is 0. The van der Waals surface area contributed by atoms with E-state index in [1.54, 1.807) is 41.3 Å². The van der Waals surface area contributed by atoms with E-state index in [0.29, 0.717) is 53.1 Å². The lowest BCUT2D eigenvalue weighted by Crippen LogP contribution is -2.35. The van der Waals surface area contributed by atoms with Crippen molar-refractivity contribution < 1.29 is 18.3 Å². The van der Waals surface area contributed by atoms with E-state index in [9.17, 15) is 13.6 Å². The van der Waals surface area contributed by atoms with Gasteiger partial charge in [-0.25, -0.2) is 8.78 Å². The Morgan fingerprint density at radius 3 is 2.23 bits per heavy atom. The molecule has 0 bridgehead atoms. The lowest BCUT2D eigenvalue weighted by molar-refractivity contribution is 0.172. The zero-order valence-corrected chi connectivity index (χ0v) is 19.3. The molecule has 4 aromatic rings. The first-order valence-corrected chi connectivity index (χ1v) is 11.4. The number of hydrogen-bond acceptors (Lipinski definition) is 4. The topological polar surface area (TPSA) is 66.6 Å². The monoisotopic (exact) mass is 493 g/mol. The van der Waals surface area contributed by atoms with Crippen molar-refractivity contribution in [1.82, 2.24) is 9.88 Å². The Kier molecular flexibility index (Phi) is 6.33. The Morgan fingerprint density at radius 1 is 0.914 bits per heavy atom. The first-order valence-electron chi connectivity index (χ1n) is 11.0. The number of ether oxygens (including phenoxy) is 2. The summed E-state index contributed by atoms with van der Waals surface area (Å²) in [4.78, 5) is 17.6. The molecule has 0 unspecified atom stereocenters. The Bertz CT molecular complexity index is 1440. The van der Waals surface area contributed by atoms with Crippen LogP contribution in [-0.4, -0.2) is 28.2 Å². The van der Waals surface area contributed by atoms with Crippen LogP contribution in [0.5, 0.6) is 11.5 Å². The van der Waals surface area contributed by atoms with Crippen LogP contribution in [0.25, 0.3) is 10.9 Å². The molecule has 5 rings (SSSR count). The van der Waals surface area contributed by atoms with Crippen molar-refractivity contribution in [2.45, 2.75) is 13.1 Å². The quantitative estimate of drug-likeness (QED) is 0.383. The first-order chi connectivity index (χ1) is 16.9. The van der Waals surface area contributed by atoms with Crippen molar-refractivity contribution in [2.24, 2.45) is 0 Å². The fourth-order valence-electron chi connectivity index (χ4n) is 3.86. The second kappa shape index (κ2) is 9.71. The van der Waals surface area contributed by atoms with Gasteiger partial charge in [0.2, 0.25) is 0 Å².